The molecule has 0 aliphatic carbocycles. The van der Waals surface area contributed by atoms with Gasteiger partial charge in [-0.2, -0.15) is 0 Å². The van der Waals surface area contributed by atoms with Crippen LogP contribution in [-0.4, -0.2) is 37.2 Å². The zero-order chi connectivity index (χ0) is 13.1. The first kappa shape index (κ1) is 16.9. The molecule has 0 N–H and O–H groups in total. The highest BCUT2D eigenvalue weighted by atomic mass is 16.5. The molecule has 0 amide bonds. The van der Waals surface area contributed by atoms with E-state index in [0.29, 0.717) is 6.04 Å². The van der Waals surface area contributed by atoms with Gasteiger partial charge in [-0.15, -0.1) is 0 Å². The van der Waals surface area contributed by atoms with Gasteiger partial charge < -0.3 is 9.64 Å². The second kappa shape index (κ2) is 11.0. The second-order valence-corrected chi connectivity index (χ2v) is 5.66. The maximum Gasteiger partial charge on any atom is 0.0478 e. The highest BCUT2D eigenvalue weighted by Gasteiger charge is 2.10. The Balaban J connectivity index is 3.48. The van der Waals surface area contributed by atoms with E-state index in [1.807, 2.05) is 0 Å². The molecule has 2 nitrogen and oxygen atoms in total. The van der Waals surface area contributed by atoms with Crippen LogP contribution in [0.3, 0.4) is 0 Å². The lowest BCUT2D eigenvalue weighted by Crippen LogP contribution is -2.35. The minimum absolute atomic E-state index is 0.650. The van der Waals surface area contributed by atoms with E-state index in [1.54, 1.807) is 0 Å². The molecule has 0 fully saturated rings. The maximum absolute atomic E-state index is 5.64. The van der Waals surface area contributed by atoms with Crippen molar-refractivity contribution in [2.45, 2.75) is 66.3 Å². The molecule has 17 heavy (non-hydrogen) atoms. The fourth-order valence-corrected chi connectivity index (χ4v) is 1.96. The lowest BCUT2D eigenvalue weighted by atomic mass is 10.1. The van der Waals surface area contributed by atoms with Crippen LogP contribution in [0.1, 0.15) is 60.3 Å². The van der Waals surface area contributed by atoms with E-state index < -0.39 is 0 Å². The first-order valence-corrected chi connectivity index (χ1v) is 7.39. The smallest absolute Gasteiger partial charge is 0.0478 e. The van der Waals surface area contributed by atoms with Gasteiger partial charge in [-0.3, -0.25) is 0 Å². The van der Waals surface area contributed by atoms with Crippen LogP contribution < -0.4 is 0 Å². The molecule has 0 radical (unpaired) electrons. The molecule has 0 bridgehead atoms. The quantitative estimate of drug-likeness (QED) is 0.509. The molecule has 0 unspecified atom stereocenters. The van der Waals surface area contributed by atoms with Crippen molar-refractivity contribution < 1.29 is 4.74 Å². The average Bonchev–Trinajstić information content (AvgIpc) is 2.25. The third kappa shape index (κ3) is 10.8. The average molecular weight is 243 g/mol. The van der Waals surface area contributed by atoms with E-state index in [-0.39, 0.29) is 0 Å². The van der Waals surface area contributed by atoms with Gasteiger partial charge in [0.05, 0.1) is 0 Å². The van der Waals surface area contributed by atoms with Crippen LogP contribution in [0.25, 0.3) is 0 Å². The highest BCUT2D eigenvalue weighted by molar-refractivity contribution is 4.64. The summed E-state index contributed by atoms with van der Waals surface area (Å²) in [5.74, 6) is 0.753. The Morgan fingerprint density at radius 1 is 0.941 bits per heavy atom. The molecule has 2 heteroatoms. The van der Waals surface area contributed by atoms with Crippen LogP contribution >= 0.6 is 0 Å². The number of hydrogen-bond donors (Lipinski definition) is 0. The van der Waals surface area contributed by atoms with Gasteiger partial charge >= 0.3 is 0 Å². The molecule has 0 spiro atoms. The summed E-state index contributed by atoms with van der Waals surface area (Å²) in [5, 5.41) is 0. The molecule has 0 aliphatic rings. The van der Waals surface area contributed by atoms with Gasteiger partial charge in [0.25, 0.3) is 0 Å². The summed E-state index contributed by atoms with van der Waals surface area (Å²) in [6, 6.07) is 0.650. The summed E-state index contributed by atoms with van der Waals surface area (Å²) in [6.07, 6.45) is 4.96. The predicted octanol–water partition coefficient (Wildman–Crippen LogP) is 3.95. The maximum atomic E-state index is 5.64. The monoisotopic (exact) mass is 243 g/mol. The summed E-state index contributed by atoms with van der Waals surface area (Å²) in [7, 11) is 0. The molecule has 0 heterocycles. The van der Waals surface area contributed by atoms with Gasteiger partial charge in [0, 0.05) is 32.3 Å². The van der Waals surface area contributed by atoms with Crippen molar-refractivity contribution in [1.82, 2.24) is 4.90 Å². The Labute approximate surface area is 109 Å². The zero-order valence-corrected chi connectivity index (χ0v) is 12.7. The van der Waals surface area contributed by atoms with Crippen molar-refractivity contribution in [3.63, 3.8) is 0 Å². The summed E-state index contributed by atoms with van der Waals surface area (Å²) < 4.78 is 5.64. The van der Waals surface area contributed by atoms with Crippen molar-refractivity contribution >= 4 is 0 Å². The Morgan fingerprint density at radius 2 is 1.59 bits per heavy atom. The molecule has 0 saturated heterocycles. The lowest BCUT2D eigenvalue weighted by Gasteiger charge is -2.28. The van der Waals surface area contributed by atoms with E-state index in [1.165, 1.54) is 32.4 Å². The zero-order valence-electron chi connectivity index (χ0n) is 12.7. The Kier molecular flexibility index (Phi) is 11.0. The first-order valence-electron chi connectivity index (χ1n) is 7.39. The normalized spacial score (nSPS) is 12.0. The Hall–Kier alpha value is -0.0800. The number of unbranched alkanes of at least 4 members (excludes halogenated alkanes) is 2. The molecule has 0 saturated carbocycles. The Morgan fingerprint density at radius 3 is 2.12 bits per heavy atom. The van der Waals surface area contributed by atoms with Crippen LogP contribution in [0, 0.1) is 5.92 Å². The van der Waals surface area contributed by atoms with Crippen LogP contribution in [0.15, 0.2) is 0 Å². The topological polar surface area (TPSA) is 12.5 Å². The predicted molar refractivity (Wildman–Crippen MR) is 76.5 cm³/mol. The molecule has 0 aromatic carbocycles. The van der Waals surface area contributed by atoms with Crippen molar-refractivity contribution in [1.29, 1.82) is 0 Å². The molecule has 0 aliphatic heterocycles. The van der Waals surface area contributed by atoms with Crippen LogP contribution in [-0.2, 0) is 4.74 Å². The standard InChI is InChI=1S/C15H33NO/c1-6-7-8-11-17-12-9-10-16(15(4)5)13-14(2)3/h14-15H,6-13H2,1-5H3. The lowest BCUT2D eigenvalue weighted by molar-refractivity contribution is 0.109. The number of ether oxygens (including phenoxy) is 1. The third-order valence-corrected chi connectivity index (χ3v) is 2.96. The number of rotatable bonds is 11. The summed E-state index contributed by atoms with van der Waals surface area (Å²) in [4.78, 5) is 2.56. The Bertz CT molecular complexity index is 157. The van der Waals surface area contributed by atoms with E-state index in [0.717, 1.165) is 25.6 Å². The second-order valence-electron chi connectivity index (χ2n) is 5.66. The minimum Gasteiger partial charge on any atom is -0.381 e. The van der Waals surface area contributed by atoms with E-state index >= 15 is 0 Å². The molecule has 0 atom stereocenters. The van der Waals surface area contributed by atoms with Crippen molar-refractivity contribution in [2.24, 2.45) is 5.92 Å². The minimum atomic E-state index is 0.650. The molecule has 0 aromatic heterocycles. The fraction of sp³-hybridized carbons (Fsp3) is 1.00. The molecular formula is C15H33NO. The van der Waals surface area contributed by atoms with Gasteiger partial charge in [0.1, 0.15) is 0 Å². The van der Waals surface area contributed by atoms with Crippen LogP contribution in [0.4, 0.5) is 0 Å². The first-order chi connectivity index (χ1) is 8.07. The van der Waals surface area contributed by atoms with Crippen LogP contribution in [0.5, 0.6) is 0 Å². The third-order valence-electron chi connectivity index (χ3n) is 2.96. The van der Waals surface area contributed by atoms with Crippen molar-refractivity contribution in [3.05, 3.63) is 0 Å². The largest absolute Gasteiger partial charge is 0.381 e. The molecular weight excluding hydrogens is 210 g/mol. The van der Waals surface area contributed by atoms with Gasteiger partial charge in [-0.1, -0.05) is 33.6 Å². The molecule has 104 valence electrons. The highest BCUT2D eigenvalue weighted by Crippen LogP contribution is 2.05. The van der Waals surface area contributed by atoms with E-state index in [2.05, 4.69) is 39.5 Å². The van der Waals surface area contributed by atoms with Crippen LogP contribution in [0.2, 0.25) is 0 Å². The van der Waals surface area contributed by atoms with Crippen molar-refractivity contribution in [3.8, 4) is 0 Å². The van der Waals surface area contributed by atoms with E-state index in [4.69, 9.17) is 4.74 Å². The molecule has 0 aromatic rings. The fourth-order valence-electron chi connectivity index (χ4n) is 1.96. The van der Waals surface area contributed by atoms with Gasteiger partial charge in [0.15, 0.2) is 0 Å². The summed E-state index contributed by atoms with van der Waals surface area (Å²) in [6.45, 7) is 15.6. The molecule has 0 rings (SSSR count). The number of nitrogens with zero attached hydrogens (tertiary/aromatic N) is 1. The SMILES string of the molecule is CCCCCOCCCN(CC(C)C)C(C)C. The summed E-state index contributed by atoms with van der Waals surface area (Å²) >= 11 is 0. The van der Waals surface area contributed by atoms with Gasteiger partial charge in [-0.25, -0.2) is 0 Å². The van der Waals surface area contributed by atoms with Gasteiger partial charge in [-0.05, 0) is 32.6 Å². The van der Waals surface area contributed by atoms with Gasteiger partial charge in [0.2, 0.25) is 0 Å². The number of hydrogen-bond acceptors (Lipinski definition) is 2. The summed E-state index contributed by atoms with van der Waals surface area (Å²) in [5.41, 5.74) is 0. The van der Waals surface area contributed by atoms with E-state index in [9.17, 15) is 0 Å². The van der Waals surface area contributed by atoms with Crippen molar-refractivity contribution in [2.75, 3.05) is 26.3 Å².